The topological polar surface area (TPSA) is 152 Å². The van der Waals surface area contributed by atoms with Crippen molar-refractivity contribution >= 4 is 17.6 Å². The number of nitriles is 1. The van der Waals surface area contributed by atoms with Crippen molar-refractivity contribution in [2.45, 2.75) is 0 Å². The number of hydrogen-bond acceptors (Lipinski definition) is 7. The van der Waals surface area contributed by atoms with Crippen molar-refractivity contribution in [1.29, 1.82) is 5.26 Å². The highest BCUT2D eigenvalue weighted by Crippen LogP contribution is 2.35. The van der Waals surface area contributed by atoms with Gasteiger partial charge in [0, 0.05) is 11.1 Å². The third-order valence-corrected chi connectivity index (χ3v) is 3.24. The molecule has 1 amide bonds. The van der Waals surface area contributed by atoms with Crippen molar-refractivity contribution < 1.29 is 19.5 Å². The van der Waals surface area contributed by atoms with E-state index in [1.54, 1.807) is 30.3 Å². The van der Waals surface area contributed by atoms with E-state index < -0.39 is 18.5 Å². The number of fused-ring (bicyclic) bond motifs is 3. The summed E-state index contributed by atoms with van der Waals surface area (Å²) in [4.78, 5) is 35.1. The van der Waals surface area contributed by atoms with Gasteiger partial charge in [0.2, 0.25) is 6.61 Å². The van der Waals surface area contributed by atoms with Crippen LogP contribution in [0.2, 0.25) is 0 Å². The summed E-state index contributed by atoms with van der Waals surface area (Å²) in [5, 5.41) is 21.6. The molecule has 0 bridgehead atoms. The average Bonchev–Trinajstić information content (AvgIpc) is 2.87. The zero-order valence-electron chi connectivity index (χ0n) is 12.1. The van der Waals surface area contributed by atoms with Crippen molar-refractivity contribution in [2.75, 3.05) is 6.61 Å². The lowest BCUT2D eigenvalue weighted by Crippen LogP contribution is -2.18. The van der Waals surface area contributed by atoms with Crippen LogP contribution in [0.25, 0.3) is 11.3 Å². The van der Waals surface area contributed by atoms with E-state index >= 15 is 0 Å². The number of aromatic nitrogens is 2. The highest BCUT2D eigenvalue weighted by molar-refractivity contribution is 6.22. The van der Waals surface area contributed by atoms with Crippen LogP contribution in [0.3, 0.4) is 0 Å². The third kappa shape index (κ3) is 2.42. The fraction of sp³-hybridized carbons (Fsp3) is 0.0667. The Hall–Kier alpha value is -3.80. The summed E-state index contributed by atoms with van der Waals surface area (Å²) >= 11 is 0. The van der Waals surface area contributed by atoms with E-state index in [9.17, 15) is 9.59 Å². The van der Waals surface area contributed by atoms with E-state index in [0.717, 1.165) is 0 Å². The Kier molecular flexibility index (Phi) is 3.63. The maximum absolute atomic E-state index is 11.5. The van der Waals surface area contributed by atoms with Crippen molar-refractivity contribution in [3.8, 4) is 17.3 Å². The van der Waals surface area contributed by atoms with Gasteiger partial charge in [0.25, 0.3) is 5.91 Å². The number of oxime groups is 1. The second kappa shape index (κ2) is 5.77. The van der Waals surface area contributed by atoms with Crippen LogP contribution in [0.15, 0.2) is 29.4 Å². The molecule has 0 saturated carbocycles. The molecule has 9 heteroatoms. The number of nitrogens with two attached hydrogens (primary N) is 1. The van der Waals surface area contributed by atoms with Crippen LogP contribution >= 0.6 is 0 Å². The Labute approximate surface area is 135 Å². The molecule has 0 unspecified atom stereocenters. The van der Waals surface area contributed by atoms with Crippen LogP contribution < -0.4 is 5.73 Å². The van der Waals surface area contributed by atoms with Gasteiger partial charge in [0.15, 0.2) is 11.4 Å². The molecule has 118 valence electrons. The number of amides is 1. The second-order valence-corrected chi connectivity index (χ2v) is 4.75. The van der Waals surface area contributed by atoms with Crippen LogP contribution in [0.5, 0.6) is 0 Å². The quantitative estimate of drug-likeness (QED) is 0.654. The van der Waals surface area contributed by atoms with Gasteiger partial charge in [-0.1, -0.05) is 29.4 Å². The molecule has 0 spiro atoms. The van der Waals surface area contributed by atoms with Crippen molar-refractivity contribution in [2.24, 2.45) is 10.9 Å². The predicted octanol–water partition coefficient (Wildman–Crippen LogP) is 0.281. The molecule has 1 aromatic heterocycles. The van der Waals surface area contributed by atoms with Gasteiger partial charge in [0.1, 0.15) is 23.2 Å². The van der Waals surface area contributed by atoms with Crippen LogP contribution in [-0.4, -0.2) is 39.3 Å². The van der Waals surface area contributed by atoms with Gasteiger partial charge in [-0.15, -0.1) is 0 Å². The van der Waals surface area contributed by atoms with Gasteiger partial charge in [-0.05, 0) is 0 Å². The zero-order chi connectivity index (χ0) is 17.3. The number of carboxylic acid groups (broad SMARTS) is 1. The molecule has 24 heavy (non-hydrogen) atoms. The SMILES string of the molecule is N#Cc1nc2c(nc1C(N)=O)-c1ccccc1C2=NOCC(=O)O. The van der Waals surface area contributed by atoms with Gasteiger partial charge in [-0.3, -0.25) is 4.79 Å². The van der Waals surface area contributed by atoms with E-state index in [0.29, 0.717) is 16.8 Å². The molecule has 0 atom stereocenters. The first-order chi connectivity index (χ1) is 11.5. The number of benzene rings is 1. The fourth-order valence-corrected chi connectivity index (χ4v) is 2.31. The summed E-state index contributed by atoms with van der Waals surface area (Å²) in [5.41, 5.74) is 6.79. The molecule has 1 aromatic carbocycles. The molecule has 0 radical (unpaired) electrons. The molecule has 9 nitrogen and oxygen atoms in total. The molecule has 0 fully saturated rings. The summed E-state index contributed by atoms with van der Waals surface area (Å²) < 4.78 is 0. The van der Waals surface area contributed by atoms with E-state index in [-0.39, 0.29) is 22.8 Å². The fourth-order valence-electron chi connectivity index (χ4n) is 2.31. The summed E-state index contributed by atoms with van der Waals surface area (Å²) in [6, 6.07) is 8.72. The van der Waals surface area contributed by atoms with Crippen LogP contribution in [0.4, 0.5) is 0 Å². The van der Waals surface area contributed by atoms with E-state index in [1.165, 1.54) is 0 Å². The lowest BCUT2D eigenvalue weighted by molar-refractivity contribution is -0.142. The Morgan fingerprint density at radius 2 is 1.96 bits per heavy atom. The lowest BCUT2D eigenvalue weighted by Gasteiger charge is -2.03. The maximum atomic E-state index is 11.5. The Morgan fingerprint density at radius 3 is 2.58 bits per heavy atom. The predicted molar refractivity (Wildman–Crippen MR) is 79.9 cm³/mol. The van der Waals surface area contributed by atoms with E-state index in [2.05, 4.69) is 15.1 Å². The summed E-state index contributed by atoms with van der Waals surface area (Å²) in [5.74, 6) is -2.05. The summed E-state index contributed by atoms with van der Waals surface area (Å²) in [6.07, 6.45) is 0. The van der Waals surface area contributed by atoms with Crippen molar-refractivity contribution in [3.05, 3.63) is 46.9 Å². The number of carbonyl (C=O) groups excluding carboxylic acids is 1. The number of carboxylic acids is 1. The zero-order valence-corrected chi connectivity index (χ0v) is 12.1. The first kappa shape index (κ1) is 15.1. The smallest absolute Gasteiger partial charge is 0.344 e. The normalized spacial score (nSPS) is 13.0. The molecule has 0 saturated heterocycles. The third-order valence-electron chi connectivity index (χ3n) is 3.24. The van der Waals surface area contributed by atoms with E-state index in [4.69, 9.17) is 20.9 Å². The number of rotatable bonds is 4. The van der Waals surface area contributed by atoms with E-state index in [1.807, 2.05) is 0 Å². The van der Waals surface area contributed by atoms with Crippen molar-refractivity contribution in [3.63, 3.8) is 0 Å². The molecule has 3 N–H and O–H groups in total. The number of hydrogen-bond donors (Lipinski definition) is 2. The molecular weight excluding hydrogens is 314 g/mol. The van der Waals surface area contributed by atoms with Crippen LogP contribution in [0.1, 0.15) is 27.4 Å². The monoisotopic (exact) mass is 323 g/mol. The number of nitrogens with zero attached hydrogens (tertiary/aromatic N) is 4. The number of primary amides is 1. The van der Waals surface area contributed by atoms with Gasteiger partial charge in [0.05, 0.1) is 0 Å². The maximum Gasteiger partial charge on any atom is 0.344 e. The minimum Gasteiger partial charge on any atom is -0.479 e. The molecule has 1 heterocycles. The van der Waals surface area contributed by atoms with Gasteiger partial charge in [-0.2, -0.15) is 5.26 Å². The highest BCUT2D eigenvalue weighted by atomic mass is 16.6. The number of aliphatic carboxylic acids is 1. The molecule has 2 aromatic rings. The van der Waals surface area contributed by atoms with Gasteiger partial charge < -0.3 is 15.7 Å². The first-order valence-corrected chi connectivity index (χ1v) is 6.66. The minimum atomic E-state index is -1.18. The number of carbonyl (C=O) groups is 2. The molecule has 1 aliphatic rings. The Morgan fingerprint density at radius 1 is 1.25 bits per heavy atom. The minimum absolute atomic E-state index is 0.225. The largest absolute Gasteiger partial charge is 0.479 e. The Balaban J connectivity index is 2.21. The molecule has 1 aliphatic carbocycles. The summed E-state index contributed by atoms with van der Waals surface area (Å²) in [7, 11) is 0. The molecular formula is C15H9N5O4. The van der Waals surface area contributed by atoms with Crippen molar-refractivity contribution in [1.82, 2.24) is 9.97 Å². The van der Waals surface area contributed by atoms with Gasteiger partial charge >= 0.3 is 5.97 Å². The average molecular weight is 323 g/mol. The highest BCUT2D eigenvalue weighted by Gasteiger charge is 2.31. The van der Waals surface area contributed by atoms with Gasteiger partial charge in [-0.25, -0.2) is 14.8 Å². The second-order valence-electron chi connectivity index (χ2n) is 4.75. The first-order valence-electron chi connectivity index (χ1n) is 6.66. The molecule has 3 rings (SSSR count). The molecule has 0 aliphatic heterocycles. The van der Waals surface area contributed by atoms with Crippen LogP contribution in [-0.2, 0) is 9.63 Å². The standard InChI is InChI=1S/C15H9N5O4/c16-5-9-13(15(17)23)19-11-7-3-1-2-4-8(7)12(14(11)18-9)20-24-6-10(21)22/h1-4H,6H2,(H2,17,23)(H,21,22). The lowest BCUT2D eigenvalue weighted by atomic mass is 10.1. The van der Waals surface area contributed by atoms with Crippen LogP contribution in [0, 0.1) is 11.3 Å². The summed E-state index contributed by atoms with van der Waals surface area (Å²) in [6.45, 7) is -0.626. The Bertz CT molecular complexity index is 945.